The summed E-state index contributed by atoms with van der Waals surface area (Å²) in [5.41, 5.74) is 9.98. The second-order valence-corrected chi connectivity index (χ2v) is 8.21. The standard InChI is InChI=1S/C25H25ClN2O2/c26-20-9-5-17(6-10-20)22-3-1-2-4-23(22)24(29)18-13-15-28(16-14-18)21-11-7-19(8-12-21)25(27)30/h1-12,18,24,29H,13-16H2,(H2,27,30)/t24-/m1/s1. The summed E-state index contributed by atoms with van der Waals surface area (Å²) in [7, 11) is 0. The maximum Gasteiger partial charge on any atom is 0.248 e. The lowest BCUT2D eigenvalue weighted by Crippen LogP contribution is -2.35. The highest BCUT2D eigenvalue weighted by molar-refractivity contribution is 6.30. The summed E-state index contributed by atoms with van der Waals surface area (Å²) >= 11 is 6.03. The first-order valence-corrected chi connectivity index (χ1v) is 10.6. The molecule has 0 aliphatic carbocycles. The van der Waals surface area contributed by atoms with Crippen molar-refractivity contribution in [1.82, 2.24) is 0 Å². The molecule has 3 aromatic rings. The van der Waals surface area contributed by atoms with E-state index in [0.29, 0.717) is 10.6 Å². The molecule has 1 saturated heterocycles. The molecule has 4 nitrogen and oxygen atoms in total. The third kappa shape index (κ3) is 4.35. The van der Waals surface area contributed by atoms with Crippen LogP contribution in [0.2, 0.25) is 5.02 Å². The van der Waals surface area contributed by atoms with Crippen LogP contribution in [-0.4, -0.2) is 24.1 Å². The number of carbonyl (C=O) groups is 1. The van der Waals surface area contributed by atoms with Gasteiger partial charge in [-0.15, -0.1) is 0 Å². The Hall–Kier alpha value is -2.82. The van der Waals surface area contributed by atoms with E-state index in [9.17, 15) is 9.90 Å². The van der Waals surface area contributed by atoms with Crippen LogP contribution >= 0.6 is 11.6 Å². The number of benzene rings is 3. The van der Waals surface area contributed by atoms with Gasteiger partial charge in [0, 0.05) is 29.4 Å². The van der Waals surface area contributed by atoms with E-state index in [1.54, 1.807) is 12.1 Å². The largest absolute Gasteiger partial charge is 0.388 e. The maximum absolute atomic E-state index is 11.3. The molecular formula is C25H25ClN2O2. The lowest BCUT2D eigenvalue weighted by molar-refractivity contribution is 0.0934. The molecule has 154 valence electrons. The van der Waals surface area contributed by atoms with Gasteiger partial charge in [-0.1, -0.05) is 48.0 Å². The quantitative estimate of drug-likeness (QED) is 0.606. The monoisotopic (exact) mass is 420 g/mol. The van der Waals surface area contributed by atoms with Crippen LogP contribution < -0.4 is 10.6 Å². The number of aliphatic hydroxyl groups is 1. The number of carbonyl (C=O) groups excluding carboxylic acids is 1. The Morgan fingerprint density at radius 1 is 0.967 bits per heavy atom. The number of primary amides is 1. The molecule has 30 heavy (non-hydrogen) atoms. The Labute approximate surface area is 181 Å². The van der Waals surface area contributed by atoms with Crippen LogP contribution in [0.4, 0.5) is 5.69 Å². The number of nitrogens with two attached hydrogens (primary N) is 1. The van der Waals surface area contributed by atoms with Gasteiger partial charge in [0.05, 0.1) is 6.10 Å². The first-order valence-electron chi connectivity index (χ1n) is 10.2. The van der Waals surface area contributed by atoms with Gasteiger partial charge in [-0.2, -0.15) is 0 Å². The minimum absolute atomic E-state index is 0.194. The van der Waals surface area contributed by atoms with Gasteiger partial charge in [-0.3, -0.25) is 4.79 Å². The molecule has 1 atom stereocenters. The fourth-order valence-electron chi connectivity index (χ4n) is 4.21. The molecule has 1 amide bonds. The highest BCUT2D eigenvalue weighted by Gasteiger charge is 2.28. The number of aliphatic hydroxyl groups excluding tert-OH is 1. The molecule has 0 bridgehead atoms. The molecule has 0 spiro atoms. The fourth-order valence-corrected chi connectivity index (χ4v) is 4.34. The predicted octanol–water partition coefficient (Wildman–Crippen LogP) is 5.06. The number of halogens is 1. The minimum atomic E-state index is -0.517. The van der Waals surface area contributed by atoms with Crippen LogP contribution in [-0.2, 0) is 0 Å². The van der Waals surface area contributed by atoms with Crippen molar-refractivity contribution >= 4 is 23.2 Å². The van der Waals surface area contributed by atoms with Crippen molar-refractivity contribution in [3.05, 3.63) is 88.9 Å². The Morgan fingerprint density at radius 2 is 1.60 bits per heavy atom. The number of nitrogens with zero attached hydrogens (tertiary/aromatic N) is 1. The number of rotatable bonds is 5. The molecule has 0 saturated carbocycles. The highest BCUT2D eigenvalue weighted by Crippen LogP contribution is 2.37. The summed E-state index contributed by atoms with van der Waals surface area (Å²) in [6.45, 7) is 1.72. The van der Waals surface area contributed by atoms with Gasteiger partial charge < -0.3 is 15.7 Å². The van der Waals surface area contributed by atoms with Gasteiger partial charge >= 0.3 is 0 Å². The average Bonchev–Trinajstić information content (AvgIpc) is 2.79. The van der Waals surface area contributed by atoms with Gasteiger partial charge in [0.1, 0.15) is 0 Å². The molecule has 1 fully saturated rings. The zero-order valence-electron chi connectivity index (χ0n) is 16.7. The minimum Gasteiger partial charge on any atom is -0.388 e. The maximum atomic E-state index is 11.3. The van der Waals surface area contributed by atoms with E-state index >= 15 is 0 Å². The van der Waals surface area contributed by atoms with Gasteiger partial charge in [0.15, 0.2) is 0 Å². The van der Waals surface area contributed by atoms with Crippen molar-refractivity contribution in [2.75, 3.05) is 18.0 Å². The van der Waals surface area contributed by atoms with Crippen LogP contribution in [0.15, 0.2) is 72.8 Å². The normalized spacial score (nSPS) is 15.7. The topological polar surface area (TPSA) is 66.6 Å². The molecular weight excluding hydrogens is 396 g/mol. The van der Waals surface area contributed by atoms with E-state index in [0.717, 1.165) is 48.3 Å². The van der Waals surface area contributed by atoms with Crippen molar-refractivity contribution in [2.24, 2.45) is 11.7 Å². The molecule has 3 N–H and O–H groups in total. The van der Waals surface area contributed by atoms with E-state index in [1.807, 2.05) is 54.6 Å². The SMILES string of the molecule is NC(=O)c1ccc(N2CCC([C@@H](O)c3ccccc3-c3ccc(Cl)cc3)CC2)cc1. The van der Waals surface area contributed by atoms with Crippen molar-refractivity contribution in [3.63, 3.8) is 0 Å². The second-order valence-electron chi connectivity index (χ2n) is 7.77. The zero-order chi connectivity index (χ0) is 21.1. The third-order valence-electron chi connectivity index (χ3n) is 5.94. The van der Waals surface area contributed by atoms with Gasteiger partial charge in [-0.05, 0) is 71.8 Å². The first-order chi connectivity index (χ1) is 14.5. The second kappa shape index (κ2) is 8.90. The summed E-state index contributed by atoms with van der Waals surface area (Å²) in [4.78, 5) is 13.6. The van der Waals surface area contributed by atoms with Crippen LogP contribution in [0.3, 0.4) is 0 Å². The third-order valence-corrected chi connectivity index (χ3v) is 6.19. The van der Waals surface area contributed by atoms with E-state index in [2.05, 4.69) is 11.0 Å². The molecule has 0 radical (unpaired) electrons. The molecule has 1 aliphatic rings. The van der Waals surface area contributed by atoms with E-state index < -0.39 is 12.0 Å². The van der Waals surface area contributed by atoms with Gasteiger partial charge in [-0.25, -0.2) is 0 Å². The Balaban J connectivity index is 1.46. The van der Waals surface area contributed by atoms with Crippen molar-refractivity contribution < 1.29 is 9.90 Å². The number of anilines is 1. The molecule has 1 aliphatic heterocycles. The van der Waals surface area contributed by atoms with Gasteiger partial charge in [0.2, 0.25) is 5.91 Å². The summed E-state index contributed by atoms with van der Waals surface area (Å²) in [5.74, 6) is -0.220. The molecule has 5 heteroatoms. The zero-order valence-corrected chi connectivity index (χ0v) is 17.4. The van der Waals surface area contributed by atoms with Crippen LogP contribution in [0.25, 0.3) is 11.1 Å². The molecule has 0 unspecified atom stereocenters. The van der Waals surface area contributed by atoms with Crippen LogP contribution in [0, 0.1) is 5.92 Å². The number of hydrogen-bond donors (Lipinski definition) is 2. The smallest absolute Gasteiger partial charge is 0.248 e. The van der Waals surface area contributed by atoms with Crippen molar-refractivity contribution in [2.45, 2.75) is 18.9 Å². The molecule has 0 aromatic heterocycles. The molecule has 3 aromatic carbocycles. The summed E-state index contributed by atoms with van der Waals surface area (Å²) < 4.78 is 0. The summed E-state index contributed by atoms with van der Waals surface area (Å²) in [6.07, 6.45) is 1.28. The van der Waals surface area contributed by atoms with Crippen LogP contribution in [0.1, 0.15) is 34.9 Å². The van der Waals surface area contributed by atoms with Crippen molar-refractivity contribution in [1.29, 1.82) is 0 Å². The van der Waals surface area contributed by atoms with Crippen molar-refractivity contribution in [3.8, 4) is 11.1 Å². The molecule has 1 heterocycles. The van der Waals surface area contributed by atoms with Gasteiger partial charge in [0.25, 0.3) is 0 Å². The fraction of sp³-hybridized carbons (Fsp3) is 0.240. The number of amides is 1. The average molecular weight is 421 g/mol. The lowest BCUT2D eigenvalue weighted by atomic mass is 9.84. The lowest BCUT2D eigenvalue weighted by Gasteiger charge is -2.36. The number of piperidine rings is 1. The summed E-state index contributed by atoms with van der Waals surface area (Å²) in [6, 6.07) is 23.2. The molecule has 4 rings (SSSR count). The summed E-state index contributed by atoms with van der Waals surface area (Å²) in [5, 5.41) is 11.9. The Bertz CT molecular complexity index is 1010. The Kier molecular flexibility index (Phi) is 6.07. The van der Waals surface area contributed by atoms with E-state index in [-0.39, 0.29) is 5.92 Å². The van der Waals surface area contributed by atoms with E-state index in [1.165, 1.54) is 0 Å². The van der Waals surface area contributed by atoms with Crippen LogP contribution in [0.5, 0.6) is 0 Å². The number of hydrogen-bond acceptors (Lipinski definition) is 3. The highest BCUT2D eigenvalue weighted by atomic mass is 35.5. The van der Waals surface area contributed by atoms with E-state index in [4.69, 9.17) is 17.3 Å². The first kappa shape index (κ1) is 20.5. The Morgan fingerprint density at radius 3 is 2.23 bits per heavy atom. The predicted molar refractivity (Wildman–Crippen MR) is 122 cm³/mol.